The van der Waals surface area contributed by atoms with Crippen LogP contribution in [0.15, 0.2) is 0 Å². The molecule has 13 heteroatoms. The molecule has 3 aliphatic heterocycles. The molecular weight excluding hydrogens is 596 g/mol. The van der Waals surface area contributed by atoms with E-state index in [0.717, 1.165) is 38.5 Å². The van der Waals surface area contributed by atoms with Crippen LogP contribution >= 0.6 is 0 Å². The van der Waals surface area contributed by atoms with Gasteiger partial charge in [-0.25, -0.2) is 0 Å². The summed E-state index contributed by atoms with van der Waals surface area (Å²) < 4.78 is 0. The summed E-state index contributed by atoms with van der Waals surface area (Å²) in [6.45, 7) is 23.9. The van der Waals surface area contributed by atoms with Crippen LogP contribution < -0.4 is 31.3 Å². The second-order valence-corrected chi connectivity index (χ2v) is 17.8. The van der Waals surface area contributed by atoms with E-state index in [1.807, 2.05) is 0 Å². The highest BCUT2D eigenvalue weighted by molar-refractivity contribution is 5.73. The fourth-order valence-corrected chi connectivity index (χ4v) is 8.10. The van der Waals surface area contributed by atoms with Crippen LogP contribution in [0.4, 0.5) is 0 Å². The van der Waals surface area contributed by atoms with Crippen LogP contribution in [0.5, 0.6) is 0 Å². The second-order valence-electron chi connectivity index (χ2n) is 17.8. The van der Waals surface area contributed by atoms with E-state index in [4.69, 9.17) is 0 Å². The van der Waals surface area contributed by atoms with Crippen molar-refractivity contribution in [2.75, 3.05) is 19.6 Å². The van der Waals surface area contributed by atoms with Gasteiger partial charge >= 0.3 is 0 Å². The van der Waals surface area contributed by atoms with E-state index >= 15 is 0 Å². The topological polar surface area (TPSA) is 234 Å². The molecule has 0 spiro atoms. The summed E-state index contributed by atoms with van der Waals surface area (Å²) in [6, 6.07) is 0. The molecule has 3 aliphatic rings. The van der Waals surface area contributed by atoms with Crippen LogP contribution in [0.2, 0.25) is 0 Å². The van der Waals surface area contributed by atoms with Gasteiger partial charge in [0, 0.05) is 58.2 Å². The van der Waals surface area contributed by atoms with E-state index in [2.05, 4.69) is 99.0 Å². The van der Waals surface area contributed by atoms with Crippen molar-refractivity contribution in [2.24, 2.45) is 0 Å². The predicted molar refractivity (Wildman–Crippen MR) is 167 cm³/mol. The Morgan fingerprint density at radius 3 is 0.739 bits per heavy atom. The van der Waals surface area contributed by atoms with Crippen molar-refractivity contribution in [2.45, 2.75) is 173 Å². The van der Waals surface area contributed by atoms with Crippen molar-refractivity contribution >= 4 is 17.9 Å². The molecule has 0 aromatic heterocycles. The summed E-state index contributed by atoms with van der Waals surface area (Å²) in [5.74, 6) is -4.70. The number of carboxylic acids is 3. The van der Waals surface area contributed by atoms with Gasteiger partial charge in [0.25, 0.3) is 0 Å². The highest BCUT2D eigenvalue weighted by Gasteiger charge is 2.42. The van der Waals surface area contributed by atoms with Crippen molar-refractivity contribution in [3.8, 4) is 0 Å². The molecule has 3 rings (SSSR count). The molecule has 0 aromatic rings. The zero-order chi connectivity index (χ0) is 36.5. The minimum absolute atomic E-state index is 0.106. The summed E-state index contributed by atoms with van der Waals surface area (Å²) >= 11 is 0. The number of hydrogen-bond acceptors (Lipinski definition) is 10. The number of carboxylic acid groups (broad SMARTS) is 3. The van der Waals surface area contributed by atoms with Crippen LogP contribution in [0, 0.1) is 0 Å². The van der Waals surface area contributed by atoms with Gasteiger partial charge in [-0.3, -0.25) is 4.90 Å². The number of hydrogen-bond donors (Lipinski definition) is 6. The Hall–Kier alpha value is -1.87. The first-order valence-electron chi connectivity index (χ1n) is 16.3. The maximum absolute atomic E-state index is 9.99. The zero-order valence-corrected chi connectivity index (χ0v) is 30.6. The van der Waals surface area contributed by atoms with Gasteiger partial charge in [-0.05, 0) is 83.1 Å². The van der Waals surface area contributed by atoms with E-state index in [-0.39, 0.29) is 51.5 Å². The number of piperidine rings is 3. The number of quaternary nitrogens is 3. The molecule has 0 radical (unpaired) electrons. The predicted octanol–water partition coefficient (Wildman–Crippen LogP) is -4.68. The highest BCUT2D eigenvalue weighted by atomic mass is 16.4. The third-order valence-corrected chi connectivity index (χ3v) is 7.97. The van der Waals surface area contributed by atoms with E-state index in [1.54, 1.807) is 0 Å². The van der Waals surface area contributed by atoms with Crippen molar-refractivity contribution in [3.05, 3.63) is 0 Å². The second kappa shape index (κ2) is 17.0. The number of carbonyl (C=O) groups excluding carboxylic acids is 3. The van der Waals surface area contributed by atoms with Crippen LogP contribution in [0.25, 0.3) is 0 Å². The fraction of sp³-hybridized carbons (Fsp3) is 0.909. The standard InChI is InChI=1S/3C9H19NO.C6H9NO6/c3*1-8(2)5-7(11)6-9(3,4)10-8;8-4(9)1-7(2-5(10)11)3-6(12)13/h3*7,10-11H,5-6H2,1-4H3;1-3H2,(H,8,9)(H,10,11)(H,12,13). The molecule has 13 nitrogen and oxygen atoms in total. The number of nitrogens with two attached hydrogens (primary N) is 3. The largest absolute Gasteiger partial charge is 0.549 e. The molecule has 9 N–H and O–H groups in total. The smallest absolute Gasteiger partial charge is 0.0933 e. The number of aliphatic carboxylic acids is 3. The number of aliphatic hydroxyl groups excluding tert-OH is 3. The fourth-order valence-electron chi connectivity index (χ4n) is 8.10. The first-order valence-corrected chi connectivity index (χ1v) is 16.3. The first kappa shape index (κ1) is 44.1. The molecule has 0 saturated carbocycles. The summed E-state index contributed by atoms with van der Waals surface area (Å²) in [7, 11) is 0. The minimum atomic E-state index is -1.57. The molecule has 0 atom stereocenters. The van der Waals surface area contributed by atoms with Gasteiger partial charge in [0.05, 0.1) is 69.5 Å². The third kappa shape index (κ3) is 21.1. The summed E-state index contributed by atoms with van der Waals surface area (Å²) in [4.78, 5) is 30.6. The van der Waals surface area contributed by atoms with Crippen LogP contribution in [0.1, 0.15) is 122 Å². The lowest BCUT2D eigenvalue weighted by Crippen LogP contribution is -3.05. The van der Waals surface area contributed by atoms with Gasteiger partial charge in [0.15, 0.2) is 0 Å². The van der Waals surface area contributed by atoms with Crippen molar-refractivity contribution in [1.82, 2.24) is 4.90 Å². The van der Waals surface area contributed by atoms with Gasteiger partial charge < -0.3 is 61.0 Å². The molecule has 3 fully saturated rings. The maximum Gasteiger partial charge on any atom is 0.0933 e. The molecule has 46 heavy (non-hydrogen) atoms. The zero-order valence-electron chi connectivity index (χ0n) is 30.6. The van der Waals surface area contributed by atoms with E-state index < -0.39 is 37.5 Å². The third-order valence-electron chi connectivity index (χ3n) is 7.97. The average molecular weight is 663 g/mol. The van der Waals surface area contributed by atoms with Crippen molar-refractivity contribution in [3.63, 3.8) is 0 Å². The molecule has 0 aromatic carbocycles. The molecule has 0 amide bonds. The van der Waals surface area contributed by atoms with Crippen LogP contribution in [-0.2, 0) is 14.4 Å². The van der Waals surface area contributed by atoms with Gasteiger partial charge in [-0.15, -0.1) is 0 Å². The summed E-state index contributed by atoms with van der Waals surface area (Å²) in [5, 5.41) is 65.8. The lowest BCUT2D eigenvalue weighted by Gasteiger charge is -2.41. The average Bonchev–Trinajstić information content (AvgIpc) is 2.64. The molecule has 3 heterocycles. The number of nitrogens with zero attached hydrogens (tertiary/aromatic N) is 1. The summed E-state index contributed by atoms with van der Waals surface area (Å²) in [6.07, 6.45) is 5.16. The Bertz CT molecular complexity index is 824. The lowest BCUT2D eigenvalue weighted by molar-refractivity contribution is -0.790. The molecule has 272 valence electrons. The Balaban J connectivity index is 0.000000588. The van der Waals surface area contributed by atoms with E-state index in [1.165, 1.54) is 0 Å². The first-order chi connectivity index (χ1) is 20.3. The molecule has 0 unspecified atom stereocenters. The number of carbonyl (C=O) groups is 3. The maximum atomic E-state index is 9.99. The van der Waals surface area contributed by atoms with Crippen LogP contribution in [0.3, 0.4) is 0 Å². The highest BCUT2D eigenvalue weighted by Crippen LogP contribution is 2.23. The van der Waals surface area contributed by atoms with Gasteiger partial charge in [0.1, 0.15) is 0 Å². The van der Waals surface area contributed by atoms with Crippen molar-refractivity contribution in [1.29, 1.82) is 0 Å². The van der Waals surface area contributed by atoms with E-state index in [9.17, 15) is 45.0 Å². The monoisotopic (exact) mass is 662 g/mol. The Kier molecular flexibility index (Phi) is 16.3. The van der Waals surface area contributed by atoms with Crippen molar-refractivity contribution < 1.29 is 61.0 Å². The SMILES string of the molecule is CC1(C)CC(O)CC(C)(C)[NH2+]1.CC1(C)CC(O)CC(C)(C)[NH2+]1.CC1(C)CC(O)CC(C)(C)[NH2+]1.O=C([O-])CN(CC(=O)[O-])CC(=O)[O-]. The molecule has 0 aliphatic carbocycles. The van der Waals surface area contributed by atoms with Gasteiger partial charge in [-0.1, -0.05) is 0 Å². The van der Waals surface area contributed by atoms with Gasteiger partial charge in [0.2, 0.25) is 0 Å². The molecule has 0 bridgehead atoms. The molecular formula is C33H66N4O9. The Morgan fingerprint density at radius 1 is 0.478 bits per heavy atom. The summed E-state index contributed by atoms with van der Waals surface area (Å²) in [5.41, 5.74) is 1.26. The lowest BCUT2D eigenvalue weighted by atomic mass is 9.81. The van der Waals surface area contributed by atoms with Gasteiger partial charge in [-0.2, -0.15) is 0 Å². The number of aliphatic hydroxyl groups is 3. The number of rotatable bonds is 6. The van der Waals surface area contributed by atoms with Crippen LogP contribution in [-0.4, -0.2) is 109 Å². The Morgan fingerprint density at radius 2 is 0.630 bits per heavy atom. The normalized spacial score (nSPS) is 24.5. The minimum Gasteiger partial charge on any atom is -0.549 e. The quantitative estimate of drug-likeness (QED) is 0.159. The Labute approximate surface area is 276 Å². The van der Waals surface area contributed by atoms with E-state index in [0.29, 0.717) is 4.90 Å². The molecule has 3 saturated heterocycles.